The van der Waals surface area contributed by atoms with Gasteiger partial charge in [0, 0.05) is 12.7 Å². The predicted octanol–water partition coefficient (Wildman–Crippen LogP) is 3.29. The number of nitriles is 1. The van der Waals surface area contributed by atoms with Crippen molar-refractivity contribution in [3.05, 3.63) is 47.8 Å². The molecule has 0 saturated heterocycles. The van der Waals surface area contributed by atoms with Gasteiger partial charge < -0.3 is 4.90 Å². The number of rotatable bonds is 3. The number of hydrogen-bond acceptors (Lipinski definition) is 5. The molecule has 3 rings (SSSR count). The predicted molar refractivity (Wildman–Crippen MR) is 85.0 cm³/mol. The largest absolute Gasteiger partial charge is 0.304 e. The van der Waals surface area contributed by atoms with Crippen molar-refractivity contribution in [3.8, 4) is 16.6 Å². The Kier molecular flexibility index (Phi) is 3.65. The molecule has 104 valence electrons. The van der Waals surface area contributed by atoms with E-state index in [4.69, 9.17) is 10.2 Å². The summed E-state index contributed by atoms with van der Waals surface area (Å²) in [6.07, 6.45) is 1.61. The summed E-state index contributed by atoms with van der Waals surface area (Å²) in [5.74, 6) is 0. The second kappa shape index (κ2) is 5.60. The maximum absolute atomic E-state index is 8.94. The molecular weight excluding hydrogens is 280 g/mol. The maximum atomic E-state index is 8.94. The molecule has 5 heteroatoms. The first-order chi connectivity index (χ1) is 10.2. The quantitative estimate of drug-likeness (QED) is 0.744. The van der Waals surface area contributed by atoms with Gasteiger partial charge in [0.2, 0.25) is 0 Å². The molecule has 0 radical (unpaired) electrons. The summed E-state index contributed by atoms with van der Waals surface area (Å²) in [6.45, 7) is 0.815. The summed E-state index contributed by atoms with van der Waals surface area (Å²) in [4.78, 5) is 12.2. The van der Waals surface area contributed by atoms with Gasteiger partial charge in [-0.2, -0.15) is 5.26 Å². The number of fused-ring (bicyclic) bond motifs is 1. The molecule has 0 fully saturated rings. The summed E-state index contributed by atoms with van der Waals surface area (Å²) in [6, 6.07) is 12.1. The average molecular weight is 294 g/mol. The highest BCUT2D eigenvalue weighted by atomic mass is 32.1. The minimum Gasteiger partial charge on any atom is -0.304 e. The van der Waals surface area contributed by atoms with E-state index in [0.29, 0.717) is 5.56 Å². The number of thiophene rings is 1. The molecule has 0 atom stereocenters. The highest BCUT2D eigenvalue weighted by Crippen LogP contribution is 2.31. The normalized spacial score (nSPS) is 11.0. The zero-order valence-corrected chi connectivity index (χ0v) is 12.7. The van der Waals surface area contributed by atoms with Crippen molar-refractivity contribution in [2.75, 3.05) is 14.1 Å². The lowest BCUT2D eigenvalue weighted by Gasteiger charge is -2.09. The number of aromatic nitrogens is 2. The third-order valence-corrected chi connectivity index (χ3v) is 4.13. The van der Waals surface area contributed by atoms with Crippen LogP contribution in [-0.2, 0) is 6.54 Å². The Morgan fingerprint density at radius 1 is 1.29 bits per heavy atom. The summed E-state index contributed by atoms with van der Waals surface area (Å²) in [5, 5.41) is 8.94. The highest BCUT2D eigenvalue weighted by Gasteiger charge is 2.08. The Morgan fingerprint density at radius 2 is 2.14 bits per heavy atom. The van der Waals surface area contributed by atoms with Crippen molar-refractivity contribution >= 4 is 21.6 Å². The van der Waals surface area contributed by atoms with Crippen molar-refractivity contribution in [1.29, 1.82) is 5.26 Å². The fourth-order valence-corrected chi connectivity index (χ4v) is 3.16. The summed E-state index contributed by atoms with van der Waals surface area (Å²) >= 11 is 1.62. The first-order valence-electron chi connectivity index (χ1n) is 6.56. The Morgan fingerprint density at radius 3 is 2.90 bits per heavy atom. The minimum absolute atomic E-state index is 0.588. The molecule has 4 nitrogen and oxygen atoms in total. The van der Waals surface area contributed by atoms with Gasteiger partial charge in [-0.1, -0.05) is 6.07 Å². The van der Waals surface area contributed by atoms with Crippen LogP contribution in [0.15, 0.2) is 36.5 Å². The minimum atomic E-state index is 0.588. The van der Waals surface area contributed by atoms with Gasteiger partial charge in [0.15, 0.2) is 0 Å². The van der Waals surface area contributed by atoms with E-state index in [-0.39, 0.29) is 0 Å². The first kappa shape index (κ1) is 13.7. The van der Waals surface area contributed by atoms with E-state index in [1.54, 1.807) is 17.5 Å². The van der Waals surface area contributed by atoms with Crippen LogP contribution >= 0.6 is 11.3 Å². The van der Waals surface area contributed by atoms with Gasteiger partial charge >= 0.3 is 0 Å². The van der Waals surface area contributed by atoms with Crippen LogP contribution in [0.2, 0.25) is 0 Å². The first-order valence-corrected chi connectivity index (χ1v) is 7.38. The summed E-state index contributed by atoms with van der Waals surface area (Å²) in [5.41, 5.74) is 3.50. The van der Waals surface area contributed by atoms with E-state index < -0.39 is 0 Å². The molecule has 0 aliphatic heterocycles. The van der Waals surface area contributed by atoms with Crippen LogP contribution in [0.3, 0.4) is 0 Å². The average Bonchev–Trinajstić information content (AvgIpc) is 2.89. The van der Waals surface area contributed by atoms with Crippen LogP contribution in [0.4, 0.5) is 0 Å². The lowest BCUT2D eigenvalue weighted by atomic mass is 10.2. The van der Waals surface area contributed by atoms with Gasteiger partial charge in [-0.3, -0.25) is 9.97 Å². The van der Waals surface area contributed by atoms with Crippen LogP contribution in [-0.4, -0.2) is 29.0 Å². The Bertz CT molecular complexity index is 830. The summed E-state index contributed by atoms with van der Waals surface area (Å²) in [7, 11) is 4.06. The van der Waals surface area contributed by atoms with Crippen LogP contribution in [0.25, 0.3) is 20.8 Å². The molecule has 3 heterocycles. The second-order valence-corrected chi connectivity index (χ2v) is 6.17. The third-order valence-electron chi connectivity index (χ3n) is 3.04. The number of nitrogens with zero attached hydrogens (tertiary/aromatic N) is 4. The Hall–Kier alpha value is -2.29. The van der Waals surface area contributed by atoms with Crippen LogP contribution in [0.1, 0.15) is 11.3 Å². The van der Waals surface area contributed by atoms with Crippen molar-refractivity contribution in [3.63, 3.8) is 0 Å². The summed E-state index contributed by atoms with van der Waals surface area (Å²) < 4.78 is 1.02. The molecule has 0 aliphatic carbocycles. The van der Waals surface area contributed by atoms with E-state index >= 15 is 0 Å². The van der Waals surface area contributed by atoms with E-state index in [2.05, 4.69) is 16.0 Å². The molecule has 3 aromatic heterocycles. The van der Waals surface area contributed by atoms with Crippen LogP contribution in [0, 0.1) is 11.3 Å². The molecule has 0 bridgehead atoms. The lowest BCUT2D eigenvalue weighted by Crippen LogP contribution is -2.11. The molecular formula is C16H14N4S. The molecule has 21 heavy (non-hydrogen) atoms. The van der Waals surface area contributed by atoms with Gasteiger partial charge in [0.25, 0.3) is 0 Å². The van der Waals surface area contributed by atoms with Gasteiger partial charge in [-0.25, -0.2) is 0 Å². The molecule has 0 spiro atoms. The third kappa shape index (κ3) is 2.92. The molecule has 0 amide bonds. The Labute approximate surface area is 127 Å². The fourth-order valence-electron chi connectivity index (χ4n) is 2.13. The molecule has 0 N–H and O–H groups in total. The topological polar surface area (TPSA) is 52.8 Å². The SMILES string of the molecule is CN(C)Cc1cccc(-c2cc3ncc(C#N)cc3s2)n1. The lowest BCUT2D eigenvalue weighted by molar-refractivity contribution is 0.397. The molecule has 0 aliphatic rings. The second-order valence-electron chi connectivity index (χ2n) is 5.08. The highest BCUT2D eigenvalue weighted by molar-refractivity contribution is 7.22. The smallest absolute Gasteiger partial charge is 0.101 e. The number of pyridine rings is 2. The molecule has 0 saturated carbocycles. The van der Waals surface area contributed by atoms with E-state index in [1.807, 2.05) is 44.4 Å². The maximum Gasteiger partial charge on any atom is 0.101 e. The standard InChI is InChI=1S/C16H14N4S/c1-20(2)10-12-4-3-5-13(19-12)16-7-14-15(21-16)6-11(8-17)9-18-14/h3-7,9H,10H2,1-2H3. The van der Waals surface area contributed by atoms with Gasteiger partial charge in [-0.15, -0.1) is 11.3 Å². The van der Waals surface area contributed by atoms with E-state index in [9.17, 15) is 0 Å². The fraction of sp³-hybridized carbons (Fsp3) is 0.188. The van der Waals surface area contributed by atoms with Gasteiger partial charge in [0.05, 0.1) is 32.0 Å². The molecule has 0 aromatic carbocycles. The van der Waals surface area contributed by atoms with Crippen molar-refractivity contribution in [2.45, 2.75) is 6.54 Å². The molecule has 3 aromatic rings. The monoisotopic (exact) mass is 294 g/mol. The Balaban J connectivity index is 2.02. The zero-order valence-electron chi connectivity index (χ0n) is 11.9. The number of hydrogen-bond donors (Lipinski definition) is 0. The van der Waals surface area contributed by atoms with Gasteiger partial charge in [-0.05, 0) is 38.4 Å². The van der Waals surface area contributed by atoms with Crippen molar-refractivity contribution in [2.24, 2.45) is 0 Å². The molecule has 0 unspecified atom stereocenters. The van der Waals surface area contributed by atoms with E-state index in [0.717, 1.165) is 33.0 Å². The van der Waals surface area contributed by atoms with Crippen molar-refractivity contribution in [1.82, 2.24) is 14.9 Å². The van der Waals surface area contributed by atoms with E-state index in [1.165, 1.54) is 0 Å². The van der Waals surface area contributed by atoms with Gasteiger partial charge in [0.1, 0.15) is 6.07 Å². The van der Waals surface area contributed by atoms with Crippen LogP contribution < -0.4 is 0 Å². The zero-order chi connectivity index (χ0) is 14.8. The van der Waals surface area contributed by atoms with Crippen LogP contribution in [0.5, 0.6) is 0 Å². The van der Waals surface area contributed by atoms with Crippen molar-refractivity contribution < 1.29 is 0 Å².